The normalized spacial score (nSPS) is 12.4. The van der Waals surface area contributed by atoms with Crippen molar-refractivity contribution in [2.45, 2.75) is 6.04 Å². The zero-order valence-electron chi connectivity index (χ0n) is 9.20. The van der Waals surface area contributed by atoms with Crippen molar-refractivity contribution in [1.82, 2.24) is 10.4 Å². The lowest BCUT2D eigenvalue weighted by Gasteiger charge is -2.18. The van der Waals surface area contributed by atoms with Crippen LogP contribution in [0.1, 0.15) is 17.2 Å². The number of aromatic nitrogens is 1. The number of benzene rings is 1. The Kier molecular flexibility index (Phi) is 4.45. The van der Waals surface area contributed by atoms with E-state index in [1.165, 1.54) is 6.07 Å². The Labute approximate surface area is 121 Å². The minimum absolute atomic E-state index is 0.323. The van der Waals surface area contributed by atoms with Crippen molar-refractivity contribution >= 4 is 31.9 Å². The third-order valence-electron chi connectivity index (χ3n) is 2.50. The fraction of sp³-hybridized carbons (Fsp3) is 0.0833. The van der Waals surface area contributed by atoms with Crippen LogP contribution >= 0.6 is 31.9 Å². The Morgan fingerprint density at radius 2 is 2.00 bits per heavy atom. The van der Waals surface area contributed by atoms with Crippen molar-refractivity contribution in [3.8, 4) is 0 Å². The molecule has 0 aliphatic heterocycles. The molecule has 0 saturated carbocycles. The second-order valence-electron chi connectivity index (χ2n) is 3.70. The highest BCUT2D eigenvalue weighted by atomic mass is 79.9. The minimum Gasteiger partial charge on any atom is -0.271 e. The molecule has 94 valence electrons. The van der Waals surface area contributed by atoms with E-state index in [2.05, 4.69) is 42.3 Å². The molecule has 3 nitrogen and oxygen atoms in total. The molecular formula is C12H10Br2FN3. The summed E-state index contributed by atoms with van der Waals surface area (Å²) in [5.41, 5.74) is 4.25. The molecule has 1 atom stereocenters. The van der Waals surface area contributed by atoms with Crippen LogP contribution in [0.25, 0.3) is 0 Å². The maximum Gasteiger partial charge on any atom is 0.141 e. The zero-order valence-corrected chi connectivity index (χ0v) is 12.4. The molecule has 0 bridgehead atoms. The van der Waals surface area contributed by atoms with Crippen LogP contribution in [0.15, 0.2) is 45.6 Å². The summed E-state index contributed by atoms with van der Waals surface area (Å²) in [4.78, 5) is 3.83. The average molecular weight is 375 g/mol. The van der Waals surface area contributed by atoms with Crippen molar-refractivity contribution in [2.24, 2.45) is 5.84 Å². The van der Waals surface area contributed by atoms with Gasteiger partial charge in [-0.1, -0.05) is 37.9 Å². The molecule has 1 aromatic carbocycles. The van der Waals surface area contributed by atoms with Crippen molar-refractivity contribution in [3.63, 3.8) is 0 Å². The first kappa shape index (κ1) is 13.6. The standard InChI is InChI=1S/C12H10Br2FN3/c13-8-1-2-10(11(14)4-8)12(18-16)7-3-9(15)6-17-5-7/h1-6,12,18H,16H2. The lowest BCUT2D eigenvalue weighted by molar-refractivity contribution is 0.597. The SMILES string of the molecule is NNC(c1cncc(F)c1)c1ccc(Br)cc1Br. The van der Waals surface area contributed by atoms with Gasteiger partial charge >= 0.3 is 0 Å². The zero-order chi connectivity index (χ0) is 13.1. The predicted molar refractivity (Wildman–Crippen MR) is 75.2 cm³/mol. The Balaban J connectivity index is 2.45. The average Bonchev–Trinajstić information content (AvgIpc) is 2.33. The van der Waals surface area contributed by atoms with E-state index in [0.29, 0.717) is 5.56 Å². The number of hydrogen-bond donors (Lipinski definition) is 2. The Bertz CT molecular complexity index is 563. The van der Waals surface area contributed by atoms with Gasteiger partial charge in [-0.2, -0.15) is 0 Å². The van der Waals surface area contributed by atoms with E-state index in [0.717, 1.165) is 20.7 Å². The molecule has 0 fully saturated rings. The molecule has 1 unspecified atom stereocenters. The highest BCUT2D eigenvalue weighted by Crippen LogP contribution is 2.30. The van der Waals surface area contributed by atoms with Gasteiger partial charge in [0, 0.05) is 15.1 Å². The Morgan fingerprint density at radius 1 is 1.22 bits per heavy atom. The summed E-state index contributed by atoms with van der Waals surface area (Å²) >= 11 is 6.85. The van der Waals surface area contributed by atoms with Gasteiger partial charge in [0.05, 0.1) is 12.2 Å². The van der Waals surface area contributed by atoms with Crippen LogP contribution < -0.4 is 11.3 Å². The number of nitrogens with zero attached hydrogens (tertiary/aromatic N) is 1. The molecule has 0 radical (unpaired) electrons. The van der Waals surface area contributed by atoms with Crippen molar-refractivity contribution < 1.29 is 4.39 Å². The van der Waals surface area contributed by atoms with Crippen LogP contribution in [0.5, 0.6) is 0 Å². The first-order chi connectivity index (χ1) is 8.61. The molecule has 0 amide bonds. The van der Waals surface area contributed by atoms with Gasteiger partial charge < -0.3 is 0 Å². The molecule has 0 spiro atoms. The lowest BCUT2D eigenvalue weighted by Crippen LogP contribution is -2.29. The quantitative estimate of drug-likeness (QED) is 0.640. The van der Waals surface area contributed by atoms with E-state index in [1.807, 2.05) is 18.2 Å². The van der Waals surface area contributed by atoms with E-state index < -0.39 is 0 Å². The minimum atomic E-state index is -0.388. The maximum atomic E-state index is 13.2. The number of hydrazine groups is 1. The van der Waals surface area contributed by atoms with Crippen molar-refractivity contribution in [2.75, 3.05) is 0 Å². The van der Waals surface area contributed by atoms with E-state index in [4.69, 9.17) is 5.84 Å². The number of pyridine rings is 1. The summed E-state index contributed by atoms with van der Waals surface area (Å²) < 4.78 is 15.0. The van der Waals surface area contributed by atoms with E-state index >= 15 is 0 Å². The number of halogens is 3. The van der Waals surface area contributed by atoms with Crippen LogP contribution in [0, 0.1) is 5.82 Å². The maximum absolute atomic E-state index is 13.2. The van der Waals surface area contributed by atoms with Gasteiger partial charge in [0.1, 0.15) is 5.82 Å². The molecular weight excluding hydrogens is 365 g/mol. The van der Waals surface area contributed by atoms with Gasteiger partial charge in [0.2, 0.25) is 0 Å². The fourth-order valence-corrected chi connectivity index (χ4v) is 2.96. The largest absolute Gasteiger partial charge is 0.271 e. The predicted octanol–water partition coefficient (Wildman–Crippen LogP) is 3.30. The van der Waals surface area contributed by atoms with E-state index in [-0.39, 0.29) is 11.9 Å². The smallest absolute Gasteiger partial charge is 0.141 e. The van der Waals surface area contributed by atoms with E-state index in [9.17, 15) is 4.39 Å². The summed E-state index contributed by atoms with van der Waals surface area (Å²) in [5, 5.41) is 0. The van der Waals surface area contributed by atoms with Crippen LogP contribution in [-0.2, 0) is 0 Å². The van der Waals surface area contributed by atoms with Gasteiger partial charge in [0.25, 0.3) is 0 Å². The van der Waals surface area contributed by atoms with Gasteiger partial charge in [-0.15, -0.1) is 0 Å². The summed E-state index contributed by atoms with van der Waals surface area (Å²) in [6.45, 7) is 0. The van der Waals surface area contributed by atoms with Gasteiger partial charge in [0.15, 0.2) is 0 Å². The molecule has 2 aromatic rings. The highest BCUT2D eigenvalue weighted by molar-refractivity contribution is 9.11. The number of hydrogen-bond acceptors (Lipinski definition) is 3. The molecule has 0 saturated heterocycles. The first-order valence-electron chi connectivity index (χ1n) is 5.13. The molecule has 3 N–H and O–H groups in total. The highest BCUT2D eigenvalue weighted by Gasteiger charge is 2.16. The van der Waals surface area contributed by atoms with Crippen molar-refractivity contribution in [3.05, 3.63) is 62.5 Å². The van der Waals surface area contributed by atoms with Crippen molar-refractivity contribution in [1.29, 1.82) is 0 Å². The molecule has 2 rings (SSSR count). The first-order valence-corrected chi connectivity index (χ1v) is 6.72. The summed E-state index contributed by atoms with van der Waals surface area (Å²) in [6, 6.07) is 6.80. The second-order valence-corrected chi connectivity index (χ2v) is 5.47. The molecule has 1 heterocycles. The van der Waals surface area contributed by atoms with Gasteiger partial charge in [-0.25, -0.2) is 9.82 Å². The fourth-order valence-electron chi connectivity index (χ4n) is 1.69. The molecule has 0 aliphatic rings. The molecule has 1 aromatic heterocycles. The number of rotatable bonds is 3. The Hall–Kier alpha value is -0.820. The van der Waals surface area contributed by atoms with E-state index in [1.54, 1.807) is 6.20 Å². The number of nitrogens with one attached hydrogen (secondary N) is 1. The third kappa shape index (κ3) is 2.95. The van der Waals surface area contributed by atoms with Gasteiger partial charge in [-0.3, -0.25) is 10.8 Å². The molecule has 6 heteroatoms. The molecule has 0 aliphatic carbocycles. The van der Waals surface area contributed by atoms with Crippen LogP contribution in [0.4, 0.5) is 4.39 Å². The summed E-state index contributed by atoms with van der Waals surface area (Å²) in [7, 11) is 0. The Morgan fingerprint density at radius 3 is 2.61 bits per heavy atom. The monoisotopic (exact) mass is 373 g/mol. The van der Waals surface area contributed by atoms with Gasteiger partial charge in [-0.05, 0) is 29.3 Å². The topological polar surface area (TPSA) is 50.9 Å². The second kappa shape index (κ2) is 5.88. The van der Waals surface area contributed by atoms with Crippen LogP contribution in [0.3, 0.4) is 0 Å². The summed E-state index contributed by atoms with van der Waals surface area (Å²) in [5.74, 6) is 5.17. The van der Waals surface area contributed by atoms with Crippen LogP contribution in [0.2, 0.25) is 0 Å². The van der Waals surface area contributed by atoms with Crippen LogP contribution in [-0.4, -0.2) is 4.98 Å². The molecule has 18 heavy (non-hydrogen) atoms. The third-order valence-corrected chi connectivity index (χ3v) is 3.68. The number of nitrogens with two attached hydrogens (primary N) is 1. The summed E-state index contributed by atoms with van der Waals surface area (Å²) in [6.07, 6.45) is 2.75. The lowest BCUT2D eigenvalue weighted by atomic mass is 10.0.